The third-order valence-corrected chi connectivity index (χ3v) is 4.29. The second-order valence-electron chi connectivity index (χ2n) is 4.97. The van der Waals surface area contributed by atoms with E-state index in [4.69, 9.17) is 5.73 Å². The molecule has 0 fully saturated rings. The van der Waals surface area contributed by atoms with Gasteiger partial charge in [0.2, 0.25) is 15.9 Å². The first-order chi connectivity index (χ1) is 9.22. The number of hydrogen-bond acceptors (Lipinski definition) is 4. The standard InChI is InChI=1S/C13H21N3O3S/c1-9(2)13(14)8-15-20(18,19)12-6-4-11(5-7-12)16-10(3)17/h4-7,9,13,15H,8,14H2,1-3H3,(H,16,17). The number of nitrogens with one attached hydrogen (secondary N) is 2. The summed E-state index contributed by atoms with van der Waals surface area (Å²) in [6.45, 7) is 5.44. The smallest absolute Gasteiger partial charge is 0.240 e. The van der Waals surface area contributed by atoms with Gasteiger partial charge < -0.3 is 11.1 Å². The largest absolute Gasteiger partial charge is 0.326 e. The molecule has 0 saturated heterocycles. The maximum Gasteiger partial charge on any atom is 0.240 e. The van der Waals surface area contributed by atoms with Gasteiger partial charge in [0, 0.05) is 25.2 Å². The topological polar surface area (TPSA) is 101 Å². The first kappa shape index (κ1) is 16.6. The van der Waals surface area contributed by atoms with Crippen LogP contribution >= 0.6 is 0 Å². The van der Waals surface area contributed by atoms with Crippen LogP contribution in [0.25, 0.3) is 0 Å². The molecule has 0 aliphatic carbocycles. The molecule has 112 valence electrons. The van der Waals surface area contributed by atoms with E-state index in [0.29, 0.717) is 5.69 Å². The van der Waals surface area contributed by atoms with Gasteiger partial charge in [-0.3, -0.25) is 4.79 Å². The molecule has 0 aliphatic heterocycles. The van der Waals surface area contributed by atoms with Gasteiger partial charge in [-0.2, -0.15) is 0 Å². The Hall–Kier alpha value is -1.44. The second kappa shape index (κ2) is 6.83. The molecule has 1 aromatic carbocycles. The fraction of sp³-hybridized carbons (Fsp3) is 0.462. The van der Waals surface area contributed by atoms with Gasteiger partial charge in [-0.1, -0.05) is 13.8 Å². The number of benzene rings is 1. The van der Waals surface area contributed by atoms with Crippen LogP contribution in [0.2, 0.25) is 0 Å². The number of amides is 1. The Morgan fingerprint density at radius 3 is 2.25 bits per heavy atom. The van der Waals surface area contributed by atoms with E-state index < -0.39 is 10.0 Å². The molecule has 6 nitrogen and oxygen atoms in total. The minimum Gasteiger partial charge on any atom is -0.326 e. The van der Waals surface area contributed by atoms with Gasteiger partial charge in [-0.15, -0.1) is 0 Å². The number of carbonyl (C=O) groups excluding carboxylic acids is 1. The van der Waals surface area contributed by atoms with Crippen LogP contribution in [0, 0.1) is 5.92 Å². The summed E-state index contributed by atoms with van der Waals surface area (Å²) in [5.74, 6) is -0.0125. The van der Waals surface area contributed by atoms with Gasteiger partial charge >= 0.3 is 0 Å². The monoisotopic (exact) mass is 299 g/mol. The third kappa shape index (κ3) is 4.92. The van der Waals surface area contributed by atoms with E-state index >= 15 is 0 Å². The highest BCUT2D eigenvalue weighted by Crippen LogP contribution is 2.14. The first-order valence-corrected chi connectivity index (χ1v) is 7.83. The van der Waals surface area contributed by atoms with Crippen molar-refractivity contribution in [1.82, 2.24) is 4.72 Å². The number of hydrogen-bond donors (Lipinski definition) is 3. The van der Waals surface area contributed by atoms with Gasteiger partial charge in [0.15, 0.2) is 0 Å². The van der Waals surface area contributed by atoms with Crippen LogP contribution in [-0.2, 0) is 14.8 Å². The van der Waals surface area contributed by atoms with Crippen molar-refractivity contribution < 1.29 is 13.2 Å². The molecule has 1 unspecified atom stereocenters. The fourth-order valence-electron chi connectivity index (χ4n) is 1.45. The van der Waals surface area contributed by atoms with Crippen LogP contribution in [-0.4, -0.2) is 26.9 Å². The van der Waals surface area contributed by atoms with E-state index in [0.717, 1.165) is 0 Å². The summed E-state index contributed by atoms with van der Waals surface area (Å²) in [6, 6.07) is 5.73. The van der Waals surface area contributed by atoms with Gasteiger partial charge in [0.1, 0.15) is 0 Å². The zero-order valence-electron chi connectivity index (χ0n) is 11.9. The van der Waals surface area contributed by atoms with Gasteiger partial charge in [0.05, 0.1) is 4.90 Å². The third-order valence-electron chi connectivity index (χ3n) is 2.85. The second-order valence-corrected chi connectivity index (χ2v) is 6.73. The fourth-order valence-corrected chi connectivity index (χ4v) is 2.52. The van der Waals surface area contributed by atoms with Crippen LogP contribution in [0.5, 0.6) is 0 Å². The van der Waals surface area contributed by atoms with Crippen molar-refractivity contribution in [3.05, 3.63) is 24.3 Å². The molecule has 1 atom stereocenters. The molecule has 0 bridgehead atoms. The highest BCUT2D eigenvalue weighted by molar-refractivity contribution is 7.89. The normalized spacial score (nSPS) is 13.2. The molecule has 1 aromatic rings. The van der Waals surface area contributed by atoms with Crippen LogP contribution in [0.15, 0.2) is 29.2 Å². The molecule has 0 spiro atoms. The lowest BCUT2D eigenvalue weighted by Gasteiger charge is -2.16. The number of rotatable bonds is 6. The minimum atomic E-state index is -3.58. The molecule has 4 N–H and O–H groups in total. The van der Waals surface area contributed by atoms with Crippen molar-refractivity contribution in [2.75, 3.05) is 11.9 Å². The van der Waals surface area contributed by atoms with E-state index in [2.05, 4.69) is 10.0 Å². The van der Waals surface area contributed by atoms with Crippen LogP contribution in [0.3, 0.4) is 0 Å². The predicted octanol–water partition coefficient (Wildman–Crippen LogP) is 0.907. The quantitative estimate of drug-likeness (QED) is 0.726. The van der Waals surface area contributed by atoms with Crippen molar-refractivity contribution in [2.24, 2.45) is 11.7 Å². The Labute approximate surface area is 119 Å². The highest BCUT2D eigenvalue weighted by atomic mass is 32.2. The van der Waals surface area contributed by atoms with Crippen LogP contribution < -0.4 is 15.8 Å². The van der Waals surface area contributed by atoms with Crippen molar-refractivity contribution in [3.8, 4) is 0 Å². The Bertz CT molecular complexity index is 553. The maximum absolute atomic E-state index is 12.0. The summed E-state index contributed by atoms with van der Waals surface area (Å²) in [6.07, 6.45) is 0. The lowest BCUT2D eigenvalue weighted by atomic mass is 10.1. The van der Waals surface area contributed by atoms with E-state index in [1.165, 1.54) is 19.1 Å². The zero-order chi connectivity index (χ0) is 15.3. The molecule has 0 saturated carbocycles. The average Bonchev–Trinajstić information content (AvgIpc) is 2.35. The summed E-state index contributed by atoms with van der Waals surface area (Å²) < 4.78 is 26.6. The number of sulfonamides is 1. The molecule has 0 heterocycles. The SMILES string of the molecule is CC(=O)Nc1ccc(S(=O)(=O)NCC(N)C(C)C)cc1. The van der Waals surface area contributed by atoms with Crippen molar-refractivity contribution >= 4 is 21.6 Å². The molecule has 20 heavy (non-hydrogen) atoms. The molecule has 0 aromatic heterocycles. The number of carbonyl (C=O) groups is 1. The summed E-state index contributed by atoms with van der Waals surface area (Å²) in [5.41, 5.74) is 6.36. The Morgan fingerprint density at radius 1 is 1.25 bits per heavy atom. The Kier molecular flexibility index (Phi) is 5.67. The predicted molar refractivity (Wildman–Crippen MR) is 78.7 cm³/mol. The maximum atomic E-state index is 12.0. The van der Waals surface area contributed by atoms with Gasteiger partial charge in [0.25, 0.3) is 0 Å². The molecular weight excluding hydrogens is 278 g/mol. The highest BCUT2D eigenvalue weighted by Gasteiger charge is 2.16. The summed E-state index contributed by atoms with van der Waals surface area (Å²) >= 11 is 0. The molecule has 0 radical (unpaired) electrons. The Balaban J connectivity index is 2.75. The summed E-state index contributed by atoms with van der Waals surface area (Å²) in [7, 11) is -3.58. The van der Waals surface area contributed by atoms with Crippen molar-refractivity contribution in [1.29, 1.82) is 0 Å². The molecular formula is C13H21N3O3S. The number of nitrogens with two attached hydrogens (primary N) is 1. The molecule has 0 aliphatic rings. The van der Waals surface area contributed by atoms with Crippen molar-refractivity contribution in [3.63, 3.8) is 0 Å². The van der Waals surface area contributed by atoms with E-state index in [9.17, 15) is 13.2 Å². The average molecular weight is 299 g/mol. The molecule has 1 rings (SSSR count). The lowest BCUT2D eigenvalue weighted by molar-refractivity contribution is -0.114. The molecule has 7 heteroatoms. The van der Waals surface area contributed by atoms with E-state index in [1.807, 2.05) is 13.8 Å². The number of anilines is 1. The van der Waals surface area contributed by atoms with Crippen molar-refractivity contribution in [2.45, 2.75) is 31.7 Å². The lowest BCUT2D eigenvalue weighted by Crippen LogP contribution is -2.40. The summed E-state index contributed by atoms with van der Waals surface area (Å²) in [5, 5.41) is 2.57. The van der Waals surface area contributed by atoms with Gasteiger partial charge in [-0.05, 0) is 30.2 Å². The Morgan fingerprint density at radius 2 is 1.80 bits per heavy atom. The van der Waals surface area contributed by atoms with E-state index in [1.54, 1.807) is 12.1 Å². The summed E-state index contributed by atoms with van der Waals surface area (Å²) in [4.78, 5) is 11.0. The molecule has 1 amide bonds. The zero-order valence-corrected chi connectivity index (χ0v) is 12.7. The van der Waals surface area contributed by atoms with Gasteiger partial charge in [-0.25, -0.2) is 13.1 Å². The first-order valence-electron chi connectivity index (χ1n) is 6.35. The van der Waals surface area contributed by atoms with E-state index in [-0.39, 0.29) is 29.3 Å². The van der Waals surface area contributed by atoms with Crippen LogP contribution in [0.4, 0.5) is 5.69 Å². The van der Waals surface area contributed by atoms with Crippen LogP contribution in [0.1, 0.15) is 20.8 Å². The minimum absolute atomic E-state index is 0.141.